The molecule has 0 bridgehead atoms. The first kappa shape index (κ1) is 12.0. The molecule has 1 aliphatic rings. The third-order valence-corrected chi connectivity index (χ3v) is 2.56. The lowest BCUT2D eigenvalue weighted by Gasteiger charge is -2.21. The fraction of sp³-hybridized carbons (Fsp3) is 0.800. The number of amides is 1. The van der Waals surface area contributed by atoms with Crippen molar-refractivity contribution in [2.24, 2.45) is 5.92 Å². The first-order valence-electron chi connectivity index (χ1n) is 5.24. The van der Waals surface area contributed by atoms with E-state index in [1.807, 2.05) is 0 Å². The topological polar surface area (TPSA) is 75.6 Å². The minimum atomic E-state index is -1.01. The molecule has 0 atom stereocenters. The number of carboxylic acid groups (broad SMARTS) is 1. The van der Waals surface area contributed by atoms with Crippen molar-refractivity contribution < 1.29 is 19.4 Å². The second-order valence-corrected chi connectivity index (χ2v) is 3.76. The molecular formula is C10H17NO4. The third kappa shape index (κ3) is 5.37. The first-order chi connectivity index (χ1) is 7.18. The van der Waals surface area contributed by atoms with Crippen LogP contribution in [0.1, 0.15) is 25.7 Å². The number of nitrogens with one attached hydrogen (secondary N) is 1. The van der Waals surface area contributed by atoms with Gasteiger partial charge in [-0.1, -0.05) is 0 Å². The zero-order chi connectivity index (χ0) is 11.1. The number of carboxylic acids is 1. The Kier molecular flexibility index (Phi) is 5.10. The van der Waals surface area contributed by atoms with E-state index < -0.39 is 5.97 Å². The van der Waals surface area contributed by atoms with Crippen molar-refractivity contribution in [2.75, 3.05) is 19.8 Å². The van der Waals surface area contributed by atoms with Crippen LogP contribution in [0.5, 0.6) is 0 Å². The summed E-state index contributed by atoms with van der Waals surface area (Å²) in [5.74, 6) is -0.632. The highest BCUT2D eigenvalue weighted by Gasteiger charge is 2.15. The largest absolute Gasteiger partial charge is 0.480 e. The highest BCUT2D eigenvalue weighted by atomic mass is 16.5. The number of rotatable bonds is 5. The predicted octanol–water partition coefficient (Wildman–Crippen LogP) is 0.394. The molecule has 0 aliphatic carbocycles. The van der Waals surface area contributed by atoms with Gasteiger partial charge in [0.25, 0.3) is 0 Å². The summed E-state index contributed by atoms with van der Waals surface area (Å²) in [6.07, 6.45) is 3.26. The molecule has 1 heterocycles. The van der Waals surface area contributed by atoms with Crippen LogP contribution in [-0.2, 0) is 14.3 Å². The Hall–Kier alpha value is -1.10. The van der Waals surface area contributed by atoms with E-state index in [0.717, 1.165) is 32.5 Å². The highest BCUT2D eigenvalue weighted by Crippen LogP contribution is 2.19. The predicted molar refractivity (Wildman–Crippen MR) is 53.4 cm³/mol. The minimum absolute atomic E-state index is 0.177. The van der Waals surface area contributed by atoms with Crippen molar-refractivity contribution in [2.45, 2.75) is 25.7 Å². The standard InChI is InChI=1S/C10H17NO4/c12-9(11-7-10(13)14)2-1-8-3-5-15-6-4-8/h8H,1-7H2,(H,11,12)(H,13,14). The summed E-state index contributed by atoms with van der Waals surface area (Å²) in [6, 6.07) is 0. The lowest BCUT2D eigenvalue weighted by Crippen LogP contribution is -2.29. The maximum absolute atomic E-state index is 11.2. The highest BCUT2D eigenvalue weighted by molar-refractivity contribution is 5.80. The van der Waals surface area contributed by atoms with Gasteiger partial charge in [-0.15, -0.1) is 0 Å². The summed E-state index contributed by atoms with van der Waals surface area (Å²) in [7, 11) is 0. The van der Waals surface area contributed by atoms with Crippen LogP contribution in [0, 0.1) is 5.92 Å². The fourth-order valence-corrected chi connectivity index (χ4v) is 1.63. The van der Waals surface area contributed by atoms with Crippen molar-refractivity contribution in [3.8, 4) is 0 Å². The van der Waals surface area contributed by atoms with Crippen LogP contribution in [0.4, 0.5) is 0 Å². The Morgan fingerprint density at radius 2 is 2.00 bits per heavy atom. The minimum Gasteiger partial charge on any atom is -0.480 e. The Balaban J connectivity index is 2.07. The molecular weight excluding hydrogens is 198 g/mol. The van der Waals surface area contributed by atoms with E-state index in [1.165, 1.54) is 0 Å². The van der Waals surface area contributed by atoms with Gasteiger partial charge >= 0.3 is 5.97 Å². The number of carbonyl (C=O) groups is 2. The van der Waals surface area contributed by atoms with Gasteiger partial charge in [-0.3, -0.25) is 9.59 Å². The number of hydrogen-bond donors (Lipinski definition) is 2. The van der Waals surface area contributed by atoms with Gasteiger partial charge in [0.05, 0.1) is 0 Å². The van der Waals surface area contributed by atoms with Gasteiger partial charge in [0.2, 0.25) is 5.91 Å². The molecule has 1 rings (SSSR count). The number of ether oxygens (including phenoxy) is 1. The van der Waals surface area contributed by atoms with Crippen LogP contribution < -0.4 is 5.32 Å². The van der Waals surface area contributed by atoms with Gasteiger partial charge in [-0.2, -0.15) is 0 Å². The van der Waals surface area contributed by atoms with Crippen LogP contribution in [0.15, 0.2) is 0 Å². The van der Waals surface area contributed by atoms with Crippen LogP contribution in [0.3, 0.4) is 0 Å². The zero-order valence-electron chi connectivity index (χ0n) is 8.70. The number of aliphatic carboxylic acids is 1. The molecule has 0 aromatic heterocycles. The second kappa shape index (κ2) is 6.40. The summed E-state index contributed by atoms with van der Waals surface area (Å²) in [5, 5.41) is 10.7. The molecule has 86 valence electrons. The molecule has 0 radical (unpaired) electrons. The van der Waals surface area contributed by atoms with E-state index in [1.54, 1.807) is 0 Å². The molecule has 0 spiro atoms. The van der Waals surface area contributed by atoms with Crippen LogP contribution in [0.25, 0.3) is 0 Å². The lowest BCUT2D eigenvalue weighted by molar-refractivity contribution is -0.138. The second-order valence-electron chi connectivity index (χ2n) is 3.76. The third-order valence-electron chi connectivity index (χ3n) is 2.56. The Bertz CT molecular complexity index is 223. The van der Waals surface area contributed by atoms with E-state index in [4.69, 9.17) is 9.84 Å². The van der Waals surface area contributed by atoms with Gasteiger partial charge < -0.3 is 15.2 Å². The summed E-state index contributed by atoms with van der Waals surface area (Å²) < 4.78 is 5.21. The molecule has 5 heteroatoms. The first-order valence-corrected chi connectivity index (χ1v) is 5.24. The maximum atomic E-state index is 11.2. The molecule has 1 amide bonds. The van der Waals surface area contributed by atoms with Crippen molar-refractivity contribution in [1.29, 1.82) is 0 Å². The average molecular weight is 215 g/mol. The van der Waals surface area contributed by atoms with Crippen LogP contribution >= 0.6 is 0 Å². The molecule has 5 nitrogen and oxygen atoms in total. The number of hydrogen-bond acceptors (Lipinski definition) is 3. The number of carbonyl (C=O) groups excluding carboxylic acids is 1. The van der Waals surface area contributed by atoms with Crippen molar-refractivity contribution in [3.63, 3.8) is 0 Å². The van der Waals surface area contributed by atoms with E-state index in [0.29, 0.717) is 12.3 Å². The van der Waals surface area contributed by atoms with Gasteiger partial charge in [0, 0.05) is 19.6 Å². The zero-order valence-corrected chi connectivity index (χ0v) is 8.70. The van der Waals surface area contributed by atoms with Crippen molar-refractivity contribution in [3.05, 3.63) is 0 Å². The average Bonchev–Trinajstić information content (AvgIpc) is 2.25. The summed E-state index contributed by atoms with van der Waals surface area (Å²) >= 11 is 0. The summed E-state index contributed by atoms with van der Waals surface area (Å²) in [5.41, 5.74) is 0. The molecule has 0 aromatic rings. The molecule has 0 saturated carbocycles. The Morgan fingerprint density at radius 1 is 1.33 bits per heavy atom. The smallest absolute Gasteiger partial charge is 0.322 e. The molecule has 0 aromatic carbocycles. The van der Waals surface area contributed by atoms with E-state index in [-0.39, 0.29) is 12.5 Å². The normalized spacial score (nSPS) is 17.3. The van der Waals surface area contributed by atoms with Crippen LogP contribution in [0.2, 0.25) is 0 Å². The molecule has 1 saturated heterocycles. The Morgan fingerprint density at radius 3 is 2.60 bits per heavy atom. The van der Waals surface area contributed by atoms with E-state index >= 15 is 0 Å². The van der Waals surface area contributed by atoms with Crippen molar-refractivity contribution in [1.82, 2.24) is 5.32 Å². The molecule has 1 fully saturated rings. The lowest BCUT2D eigenvalue weighted by atomic mass is 9.95. The Labute approximate surface area is 88.8 Å². The molecule has 2 N–H and O–H groups in total. The molecule has 15 heavy (non-hydrogen) atoms. The molecule has 1 aliphatic heterocycles. The quantitative estimate of drug-likeness (QED) is 0.695. The molecule has 0 unspecified atom stereocenters. The summed E-state index contributed by atoms with van der Waals surface area (Å²) in [6.45, 7) is 1.27. The van der Waals surface area contributed by atoms with Gasteiger partial charge in [0.15, 0.2) is 0 Å². The fourth-order valence-electron chi connectivity index (χ4n) is 1.63. The SMILES string of the molecule is O=C(O)CNC(=O)CCC1CCOCC1. The van der Waals surface area contributed by atoms with E-state index in [2.05, 4.69) is 5.32 Å². The van der Waals surface area contributed by atoms with Crippen molar-refractivity contribution >= 4 is 11.9 Å². The van der Waals surface area contributed by atoms with Crippen LogP contribution in [-0.4, -0.2) is 36.7 Å². The van der Waals surface area contributed by atoms with Gasteiger partial charge in [-0.25, -0.2) is 0 Å². The maximum Gasteiger partial charge on any atom is 0.322 e. The summed E-state index contributed by atoms with van der Waals surface area (Å²) in [4.78, 5) is 21.4. The van der Waals surface area contributed by atoms with E-state index in [9.17, 15) is 9.59 Å². The van der Waals surface area contributed by atoms with Gasteiger partial charge in [0.1, 0.15) is 6.54 Å². The van der Waals surface area contributed by atoms with Gasteiger partial charge in [-0.05, 0) is 25.2 Å². The monoisotopic (exact) mass is 215 g/mol.